The molecule has 1 rings (SSSR count). The van der Waals surface area contributed by atoms with Crippen molar-refractivity contribution in [2.75, 3.05) is 25.7 Å². The van der Waals surface area contributed by atoms with Gasteiger partial charge in [0.05, 0.1) is 13.2 Å². The molecule has 0 amide bonds. The lowest BCUT2D eigenvalue weighted by Crippen LogP contribution is -2.21. The second-order valence-corrected chi connectivity index (χ2v) is 3.60. The molecule has 0 aromatic carbocycles. The van der Waals surface area contributed by atoms with Crippen LogP contribution in [-0.2, 0) is 4.74 Å². The van der Waals surface area contributed by atoms with E-state index in [0.717, 1.165) is 6.42 Å². The van der Waals surface area contributed by atoms with Crippen LogP contribution in [0.1, 0.15) is 20.3 Å². The Balaban J connectivity index is 2.76. The average molecular weight is 257 g/mol. The number of hydrogen-bond donors (Lipinski definition) is 2. The lowest BCUT2D eigenvalue weighted by molar-refractivity contribution is 0.0846. The summed E-state index contributed by atoms with van der Waals surface area (Å²) < 4.78 is 15.7. The minimum Gasteiger partial charge on any atom is -0.463 e. The van der Waals surface area contributed by atoms with Crippen molar-refractivity contribution in [2.24, 2.45) is 5.84 Å². The second-order valence-electron chi connectivity index (χ2n) is 3.60. The number of methoxy groups -OCH3 is 1. The predicted octanol–water partition coefficient (Wildman–Crippen LogP) is 0.360. The minimum atomic E-state index is -0.179. The molecule has 8 heteroatoms. The van der Waals surface area contributed by atoms with Gasteiger partial charge in [0.15, 0.2) is 0 Å². The number of ether oxygens (including phenoxy) is 3. The molecule has 0 radical (unpaired) electrons. The van der Waals surface area contributed by atoms with E-state index >= 15 is 0 Å². The Labute approximate surface area is 106 Å². The number of nitrogens with two attached hydrogens (primary N) is 1. The Morgan fingerprint density at radius 1 is 1.28 bits per heavy atom. The van der Waals surface area contributed by atoms with Crippen LogP contribution in [0.15, 0.2) is 0 Å². The van der Waals surface area contributed by atoms with Crippen molar-refractivity contribution < 1.29 is 14.2 Å². The summed E-state index contributed by atoms with van der Waals surface area (Å²) in [5.41, 5.74) is 2.34. The largest absolute Gasteiger partial charge is 0.463 e. The number of hydrogen-bond acceptors (Lipinski definition) is 8. The maximum absolute atomic E-state index is 5.46. The number of aromatic nitrogens is 3. The van der Waals surface area contributed by atoms with Crippen molar-refractivity contribution in [3.63, 3.8) is 0 Å². The van der Waals surface area contributed by atoms with Crippen LogP contribution in [0, 0.1) is 0 Å². The summed E-state index contributed by atoms with van der Waals surface area (Å²) in [5.74, 6) is 5.46. The van der Waals surface area contributed by atoms with Gasteiger partial charge in [-0.2, -0.15) is 9.97 Å². The first-order valence-corrected chi connectivity index (χ1v) is 5.70. The summed E-state index contributed by atoms with van der Waals surface area (Å²) in [6.45, 7) is 4.78. The molecular formula is C10H19N5O3. The second kappa shape index (κ2) is 7.62. The number of hydrazine groups is 1. The van der Waals surface area contributed by atoms with E-state index in [1.54, 1.807) is 7.11 Å². The van der Waals surface area contributed by atoms with E-state index in [1.807, 2.05) is 13.8 Å². The van der Waals surface area contributed by atoms with Crippen molar-refractivity contribution in [3.05, 3.63) is 0 Å². The van der Waals surface area contributed by atoms with E-state index < -0.39 is 0 Å². The topological polar surface area (TPSA) is 104 Å². The van der Waals surface area contributed by atoms with E-state index in [1.165, 1.54) is 0 Å². The monoisotopic (exact) mass is 257 g/mol. The average Bonchev–Trinajstić information content (AvgIpc) is 2.36. The molecule has 8 nitrogen and oxygen atoms in total. The molecule has 0 fully saturated rings. The molecule has 0 aliphatic carbocycles. The molecular weight excluding hydrogens is 238 g/mol. The standard InChI is InChI=1S/C10H19N5O3/c1-4-5-17-9-12-8(15-11)13-10(14-9)18-7(2)6-16-3/h7H,4-6,11H2,1-3H3,(H,12,13,14,15). The summed E-state index contributed by atoms with van der Waals surface area (Å²) >= 11 is 0. The fourth-order valence-electron chi connectivity index (χ4n) is 1.16. The van der Waals surface area contributed by atoms with E-state index in [9.17, 15) is 0 Å². The van der Waals surface area contributed by atoms with Crippen molar-refractivity contribution >= 4 is 5.95 Å². The Morgan fingerprint density at radius 2 is 2.00 bits per heavy atom. The van der Waals surface area contributed by atoms with Gasteiger partial charge in [-0.25, -0.2) is 5.84 Å². The number of nitrogens with zero attached hydrogens (tertiary/aromatic N) is 3. The van der Waals surface area contributed by atoms with Gasteiger partial charge in [-0.3, -0.25) is 5.43 Å². The van der Waals surface area contributed by atoms with Gasteiger partial charge < -0.3 is 14.2 Å². The first-order chi connectivity index (χ1) is 8.69. The third-order valence-corrected chi connectivity index (χ3v) is 1.87. The summed E-state index contributed by atoms with van der Waals surface area (Å²) in [7, 11) is 1.59. The molecule has 1 aromatic heterocycles. The smallest absolute Gasteiger partial charge is 0.324 e. The Bertz CT molecular complexity index is 363. The van der Waals surface area contributed by atoms with Crippen LogP contribution in [0.5, 0.6) is 12.0 Å². The van der Waals surface area contributed by atoms with Gasteiger partial charge in [-0.05, 0) is 13.3 Å². The van der Waals surface area contributed by atoms with Crippen LogP contribution in [0.3, 0.4) is 0 Å². The molecule has 102 valence electrons. The molecule has 3 N–H and O–H groups in total. The molecule has 0 spiro atoms. The van der Waals surface area contributed by atoms with Gasteiger partial charge in [0, 0.05) is 7.11 Å². The molecule has 0 saturated heterocycles. The highest BCUT2D eigenvalue weighted by atomic mass is 16.5. The third-order valence-electron chi connectivity index (χ3n) is 1.87. The van der Waals surface area contributed by atoms with Gasteiger partial charge in [0.25, 0.3) is 0 Å². The maximum atomic E-state index is 5.46. The third kappa shape index (κ3) is 4.68. The van der Waals surface area contributed by atoms with E-state index in [0.29, 0.717) is 13.2 Å². The predicted molar refractivity (Wildman–Crippen MR) is 65.4 cm³/mol. The molecule has 0 aliphatic rings. The number of nitrogens with one attached hydrogen (secondary N) is 1. The Morgan fingerprint density at radius 3 is 2.61 bits per heavy atom. The first kappa shape index (κ1) is 14.4. The number of anilines is 1. The van der Waals surface area contributed by atoms with Crippen molar-refractivity contribution in [1.29, 1.82) is 0 Å². The van der Waals surface area contributed by atoms with Gasteiger partial charge in [-0.1, -0.05) is 6.92 Å². The summed E-state index contributed by atoms with van der Waals surface area (Å²) in [6.07, 6.45) is 0.676. The molecule has 0 bridgehead atoms. The highest BCUT2D eigenvalue weighted by Gasteiger charge is 2.11. The van der Waals surface area contributed by atoms with Gasteiger partial charge in [-0.15, -0.1) is 4.98 Å². The molecule has 0 saturated carbocycles. The van der Waals surface area contributed by atoms with Crippen molar-refractivity contribution in [3.8, 4) is 12.0 Å². The Kier molecular flexibility index (Phi) is 6.09. The van der Waals surface area contributed by atoms with E-state index in [2.05, 4.69) is 20.4 Å². The minimum absolute atomic E-state index is 0.147. The quantitative estimate of drug-likeness (QED) is 0.508. The summed E-state index contributed by atoms with van der Waals surface area (Å²) in [5, 5.41) is 0. The van der Waals surface area contributed by atoms with Crippen molar-refractivity contribution in [2.45, 2.75) is 26.4 Å². The van der Waals surface area contributed by atoms with Crippen LogP contribution in [-0.4, -0.2) is 41.4 Å². The summed E-state index contributed by atoms with van der Waals surface area (Å²) in [4.78, 5) is 11.9. The number of rotatable bonds is 8. The highest BCUT2D eigenvalue weighted by Crippen LogP contribution is 2.13. The first-order valence-electron chi connectivity index (χ1n) is 5.70. The lowest BCUT2D eigenvalue weighted by Gasteiger charge is -2.13. The molecule has 1 aromatic rings. The number of nitrogen functional groups attached to an aromatic ring is 1. The van der Waals surface area contributed by atoms with Gasteiger partial charge in [0.1, 0.15) is 6.10 Å². The molecule has 1 atom stereocenters. The molecule has 1 unspecified atom stereocenters. The normalized spacial score (nSPS) is 12.0. The molecule has 18 heavy (non-hydrogen) atoms. The SMILES string of the molecule is CCCOc1nc(NN)nc(OC(C)COC)n1. The zero-order valence-corrected chi connectivity index (χ0v) is 10.8. The van der Waals surface area contributed by atoms with E-state index in [-0.39, 0.29) is 24.1 Å². The lowest BCUT2D eigenvalue weighted by atomic mass is 10.4. The van der Waals surface area contributed by atoms with Crippen LogP contribution in [0.25, 0.3) is 0 Å². The van der Waals surface area contributed by atoms with Gasteiger partial charge >= 0.3 is 12.0 Å². The Hall–Kier alpha value is -1.67. The summed E-state index contributed by atoms with van der Waals surface area (Å²) in [6, 6.07) is 0.327. The van der Waals surface area contributed by atoms with Crippen LogP contribution >= 0.6 is 0 Å². The van der Waals surface area contributed by atoms with Crippen molar-refractivity contribution in [1.82, 2.24) is 15.0 Å². The molecule has 1 heterocycles. The van der Waals surface area contributed by atoms with Crippen LogP contribution in [0.2, 0.25) is 0 Å². The molecule has 0 aliphatic heterocycles. The maximum Gasteiger partial charge on any atom is 0.324 e. The fraction of sp³-hybridized carbons (Fsp3) is 0.700. The van der Waals surface area contributed by atoms with Gasteiger partial charge in [0.2, 0.25) is 5.95 Å². The fourth-order valence-corrected chi connectivity index (χ4v) is 1.16. The highest BCUT2D eigenvalue weighted by molar-refractivity contribution is 5.25. The zero-order valence-electron chi connectivity index (χ0n) is 10.8. The zero-order chi connectivity index (χ0) is 13.4. The van der Waals surface area contributed by atoms with E-state index in [4.69, 9.17) is 20.1 Å². The van der Waals surface area contributed by atoms with Crippen LogP contribution in [0.4, 0.5) is 5.95 Å². The van der Waals surface area contributed by atoms with Crippen LogP contribution < -0.4 is 20.7 Å².